The molecule has 0 aliphatic carbocycles. The summed E-state index contributed by atoms with van der Waals surface area (Å²) in [5.74, 6) is 0.641. The Bertz CT molecular complexity index is 440. The van der Waals surface area contributed by atoms with Crippen molar-refractivity contribution in [3.05, 3.63) is 23.2 Å². The molecule has 2 rings (SSSR count). The summed E-state index contributed by atoms with van der Waals surface area (Å²) < 4.78 is 9.69. The molecule has 0 amide bonds. The first-order valence-electron chi connectivity index (χ1n) is 4.71. The smallest absolute Gasteiger partial charge is 0.153 e. The van der Waals surface area contributed by atoms with Crippen LogP contribution < -0.4 is 4.74 Å². The van der Waals surface area contributed by atoms with Crippen LogP contribution in [0.15, 0.2) is 23.1 Å². The number of benzene rings is 1. The van der Waals surface area contributed by atoms with E-state index in [0.717, 1.165) is 4.90 Å². The number of nitrogens with zero attached hydrogens (tertiary/aromatic N) is 1. The van der Waals surface area contributed by atoms with Gasteiger partial charge in [0.15, 0.2) is 4.75 Å². The third-order valence-electron chi connectivity index (χ3n) is 2.31. The number of rotatable bonds is 3. The number of hydrogen-bond acceptors (Lipinski definition) is 4. The van der Waals surface area contributed by atoms with Gasteiger partial charge in [-0.05, 0) is 18.2 Å². The van der Waals surface area contributed by atoms with E-state index < -0.39 is 4.75 Å². The van der Waals surface area contributed by atoms with E-state index in [0.29, 0.717) is 24.0 Å². The molecule has 16 heavy (non-hydrogen) atoms. The minimum atomic E-state index is -0.447. The molecular formula is C11H10ClNO2S. The zero-order valence-corrected chi connectivity index (χ0v) is 10.3. The van der Waals surface area contributed by atoms with Gasteiger partial charge in [-0.3, -0.25) is 0 Å². The number of hydrogen-bond donors (Lipinski definition) is 0. The molecule has 0 N–H and O–H groups in total. The summed E-state index contributed by atoms with van der Waals surface area (Å²) >= 11 is 7.50. The number of methoxy groups -OCH3 is 1. The second-order valence-electron chi connectivity index (χ2n) is 3.50. The van der Waals surface area contributed by atoms with E-state index in [9.17, 15) is 0 Å². The number of halogens is 1. The monoisotopic (exact) mass is 255 g/mol. The van der Waals surface area contributed by atoms with Crippen molar-refractivity contribution in [2.75, 3.05) is 20.3 Å². The third-order valence-corrected chi connectivity index (χ3v) is 3.81. The normalized spacial score (nSPS) is 17.3. The Morgan fingerprint density at radius 3 is 2.75 bits per heavy atom. The number of nitriles is 1. The first-order chi connectivity index (χ1) is 7.69. The Hall–Kier alpha value is -0.890. The summed E-state index contributed by atoms with van der Waals surface area (Å²) in [5, 5.41) is 9.62. The van der Waals surface area contributed by atoms with Gasteiger partial charge in [0, 0.05) is 4.90 Å². The second kappa shape index (κ2) is 4.54. The van der Waals surface area contributed by atoms with Crippen LogP contribution >= 0.6 is 23.4 Å². The zero-order valence-electron chi connectivity index (χ0n) is 8.70. The van der Waals surface area contributed by atoms with E-state index in [1.807, 2.05) is 12.1 Å². The first-order valence-corrected chi connectivity index (χ1v) is 5.90. The molecule has 1 aliphatic heterocycles. The lowest BCUT2D eigenvalue weighted by Crippen LogP contribution is -2.45. The van der Waals surface area contributed by atoms with Gasteiger partial charge in [0.2, 0.25) is 0 Å². The summed E-state index contributed by atoms with van der Waals surface area (Å²) in [6.07, 6.45) is 0. The maximum Gasteiger partial charge on any atom is 0.153 e. The fourth-order valence-electron chi connectivity index (χ4n) is 1.37. The van der Waals surface area contributed by atoms with Gasteiger partial charge in [-0.2, -0.15) is 5.26 Å². The lowest BCUT2D eigenvalue weighted by molar-refractivity contribution is 0.0161. The van der Waals surface area contributed by atoms with Crippen LogP contribution in [0, 0.1) is 11.3 Å². The standard InChI is InChI=1S/C11H10ClNO2S/c1-14-10-3-2-8(4-9(10)12)16-11(5-13)6-15-7-11/h2-4H,6-7H2,1H3. The molecule has 1 heterocycles. The summed E-state index contributed by atoms with van der Waals surface area (Å²) in [6, 6.07) is 7.78. The van der Waals surface area contributed by atoms with Crippen LogP contribution in [-0.2, 0) is 4.74 Å². The molecule has 1 aromatic rings. The Morgan fingerprint density at radius 2 is 2.31 bits per heavy atom. The van der Waals surface area contributed by atoms with Gasteiger partial charge in [-0.15, -0.1) is 0 Å². The van der Waals surface area contributed by atoms with Crippen LogP contribution in [0.2, 0.25) is 5.02 Å². The highest BCUT2D eigenvalue weighted by molar-refractivity contribution is 8.01. The molecular weight excluding hydrogens is 246 g/mol. The summed E-state index contributed by atoms with van der Waals surface area (Å²) in [7, 11) is 1.57. The van der Waals surface area contributed by atoms with E-state index in [-0.39, 0.29) is 0 Å². The number of thioether (sulfide) groups is 1. The highest BCUT2D eigenvalue weighted by Gasteiger charge is 2.40. The average molecular weight is 256 g/mol. The van der Waals surface area contributed by atoms with Crippen LogP contribution in [0.3, 0.4) is 0 Å². The second-order valence-corrected chi connectivity index (χ2v) is 5.36. The van der Waals surface area contributed by atoms with Crippen molar-refractivity contribution in [3.8, 4) is 11.8 Å². The molecule has 0 saturated carbocycles. The van der Waals surface area contributed by atoms with Gasteiger partial charge < -0.3 is 9.47 Å². The Balaban J connectivity index is 2.17. The van der Waals surface area contributed by atoms with Crippen LogP contribution in [0.4, 0.5) is 0 Å². The molecule has 1 saturated heterocycles. The minimum Gasteiger partial charge on any atom is -0.495 e. The number of ether oxygens (including phenoxy) is 2. The van der Waals surface area contributed by atoms with Gasteiger partial charge in [0.25, 0.3) is 0 Å². The summed E-state index contributed by atoms with van der Waals surface area (Å²) in [6.45, 7) is 0.940. The fraction of sp³-hybridized carbons (Fsp3) is 0.364. The Morgan fingerprint density at radius 1 is 1.56 bits per heavy atom. The predicted molar refractivity (Wildman–Crippen MR) is 63.0 cm³/mol. The zero-order chi connectivity index (χ0) is 11.6. The molecule has 1 aromatic carbocycles. The van der Waals surface area contributed by atoms with E-state index in [1.165, 1.54) is 11.8 Å². The summed E-state index contributed by atoms with van der Waals surface area (Å²) in [5.41, 5.74) is 0. The van der Waals surface area contributed by atoms with Crippen molar-refractivity contribution in [1.82, 2.24) is 0 Å². The highest BCUT2D eigenvalue weighted by atomic mass is 35.5. The van der Waals surface area contributed by atoms with Crippen LogP contribution in [-0.4, -0.2) is 25.1 Å². The van der Waals surface area contributed by atoms with Crippen molar-refractivity contribution >= 4 is 23.4 Å². The van der Waals surface area contributed by atoms with Crippen LogP contribution in [0.1, 0.15) is 0 Å². The SMILES string of the molecule is COc1ccc(SC2(C#N)COC2)cc1Cl. The topological polar surface area (TPSA) is 42.2 Å². The van der Waals surface area contributed by atoms with Crippen molar-refractivity contribution in [3.63, 3.8) is 0 Å². The van der Waals surface area contributed by atoms with Crippen molar-refractivity contribution in [2.45, 2.75) is 9.64 Å². The van der Waals surface area contributed by atoms with Crippen molar-refractivity contribution < 1.29 is 9.47 Å². The molecule has 3 nitrogen and oxygen atoms in total. The first kappa shape index (κ1) is 11.6. The third kappa shape index (κ3) is 2.12. The molecule has 1 fully saturated rings. The van der Waals surface area contributed by atoms with Gasteiger partial charge in [0.1, 0.15) is 5.75 Å². The van der Waals surface area contributed by atoms with E-state index in [1.54, 1.807) is 13.2 Å². The molecule has 0 bridgehead atoms. The van der Waals surface area contributed by atoms with Crippen LogP contribution in [0.25, 0.3) is 0 Å². The quantitative estimate of drug-likeness (QED) is 0.833. The molecule has 0 unspecified atom stereocenters. The summed E-state index contributed by atoms with van der Waals surface area (Å²) in [4.78, 5) is 0.954. The average Bonchev–Trinajstić information content (AvgIpc) is 2.24. The largest absolute Gasteiger partial charge is 0.495 e. The molecule has 0 aromatic heterocycles. The maximum absolute atomic E-state index is 9.06. The van der Waals surface area contributed by atoms with Gasteiger partial charge >= 0.3 is 0 Å². The fourth-order valence-corrected chi connectivity index (χ4v) is 2.79. The van der Waals surface area contributed by atoms with E-state index in [2.05, 4.69) is 6.07 Å². The molecule has 0 atom stereocenters. The van der Waals surface area contributed by atoms with E-state index >= 15 is 0 Å². The van der Waals surface area contributed by atoms with Crippen molar-refractivity contribution in [2.24, 2.45) is 0 Å². The van der Waals surface area contributed by atoms with Crippen molar-refractivity contribution in [1.29, 1.82) is 5.26 Å². The van der Waals surface area contributed by atoms with Gasteiger partial charge in [-0.25, -0.2) is 0 Å². The molecule has 5 heteroatoms. The lowest BCUT2D eigenvalue weighted by atomic mass is 10.1. The minimum absolute atomic E-state index is 0.447. The molecule has 1 aliphatic rings. The van der Waals surface area contributed by atoms with Gasteiger partial charge in [-0.1, -0.05) is 23.4 Å². The van der Waals surface area contributed by atoms with Crippen LogP contribution in [0.5, 0.6) is 5.75 Å². The lowest BCUT2D eigenvalue weighted by Gasteiger charge is -2.34. The highest BCUT2D eigenvalue weighted by Crippen LogP contribution is 2.40. The molecule has 0 radical (unpaired) electrons. The van der Waals surface area contributed by atoms with E-state index in [4.69, 9.17) is 26.3 Å². The molecule has 84 valence electrons. The Labute approximate surface area is 103 Å². The predicted octanol–water partition coefficient (Wildman–Crippen LogP) is 2.73. The Kier molecular flexibility index (Phi) is 3.29. The van der Waals surface area contributed by atoms with Gasteiger partial charge in [0.05, 0.1) is 31.4 Å². The maximum atomic E-state index is 9.06. The molecule has 0 spiro atoms.